The van der Waals surface area contributed by atoms with E-state index in [1.165, 1.54) is 19.3 Å². The van der Waals surface area contributed by atoms with E-state index in [9.17, 15) is 4.79 Å². The van der Waals surface area contributed by atoms with E-state index in [2.05, 4.69) is 31.0 Å². The normalized spacial score (nSPS) is 24.4. The minimum absolute atomic E-state index is 0.0516. The molecular weight excluding hydrogens is 250 g/mol. The number of carbonyl (C=O) groups is 1. The summed E-state index contributed by atoms with van der Waals surface area (Å²) in [6.07, 6.45) is 4.67. The number of nitrogens with one attached hydrogen (secondary N) is 1. The van der Waals surface area contributed by atoms with E-state index in [0.717, 1.165) is 26.1 Å². The molecule has 118 valence electrons. The van der Waals surface area contributed by atoms with E-state index >= 15 is 0 Å². The maximum absolute atomic E-state index is 12.3. The Labute approximate surface area is 124 Å². The molecule has 1 amide bonds. The lowest BCUT2D eigenvalue weighted by Gasteiger charge is -2.35. The van der Waals surface area contributed by atoms with Gasteiger partial charge < -0.3 is 11.1 Å². The predicted molar refractivity (Wildman–Crippen MR) is 84.5 cm³/mol. The van der Waals surface area contributed by atoms with Gasteiger partial charge in [-0.3, -0.25) is 9.69 Å². The summed E-state index contributed by atoms with van der Waals surface area (Å²) >= 11 is 0. The lowest BCUT2D eigenvalue weighted by atomic mass is 10.0. The second-order valence-electron chi connectivity index (χ2n) is 6.47. The summed E-state index contributed by atoms with van der Waals surface area (Å²) in [7, 11) is 0. The first kappa shape index (κ1) is 17.4. The SMILES string of the molecule is CCN(C(C)C(=O)NCCC(C)C)C1CCCC1CN. The zero-order valence-corrected chi connectivity index (χ0v) is 13.7. The van der Waals surface area contributed by atoms with Gasteiger partial charge in [-0.2, -0.15) is 0 Å². The first-order chi connectivity index (χ1) is 9.51. The molecule has 0 bridgehead atoms. The third kappa shape index (κ3) is 4.74. The summed E-state index contributed by atoms with van der Waals surface area (Å²) in [6, 6.07) is 0.431. The number of hydrogen-bond acceptors (Lipinski definition) is 3. The van der Waals surface area contributed by atoms with Crippen molar-refractivity contribution in [2.45, 2.75) is 65.5 Å². The van der Waals surface area contributed by atoms with Crippen molar-refractivity contribution >= 4 is 5.91 Å². The van der Waals surface area contributed by atoms with Crippen LogP contribution in [0.2, 0.25) is 0 Å². The molecule has 3 atom stereocenters. The van der Waals surface area contributed by atoms with Crippen LogP contribution < -0.4 is 11.1 Å². The molecule has 0 aromatic rings. The van der Waals surface area contributed by atoms with Gasteiger partial charge in [0.2, 0.25) is 5.91 Å². The van der Waals surface area contributed by atoms with Crippen LogP contribution in [0.25, 0.3) is 0 Å². The summed E-state index contributed by atoms with van der Waals surface area (Å²) in [6.45, 7) is 11.0. The van der Waals surface area contributed by atoms with Gasteiger partial charge in [0.25, 0.3) is 0 Å². The van der Waals surface area contributed by atoms with E-state index in [-0.39, 0.29) is 11.9 Å². The highest BCUT2D eigenvalue weighted by molar-refractivity contribution is 5.81. The van der Waals surface area contributed by atoms with Crippen LogP contribution in [0.3, 0.4) is 0 Å². The zero-order valence-electron chi connectivity index (χ0n) is 13.7. The average molecular weight is 283 g/mol. The van der Waals surface area contributed by atoms with Crippen LogP contribution >= 0.6 is 0 Å². The number of likely N-dealkylation sites (N-methyl/N-ethyl adjacent to an activating group) is 1. The minimum atomic E-state index is -0.0516. The fraction of sp³-hybridized carbons (Fsp3) is 0.938. The van der Waals surface area contributed by atoms with Crippen molar-refractivity contribution < 1.29 is 4.79 Å². The van der Waals surface area contributed by atoms with Gasteiger partial charge in [-0.05, 0) is 51.1 Å². The van der Waals surface area contributed by atoms with Crippen molar-refractivity contribution in [1.82, 2.24) is 10.2 Å². The predicted octanol–water partition coefficient (Wildman–Crippen LogP) is 1.99. The van der Waals surface area contributed by atoms with E-state index in [0.29, 0.717) is 17.9 Å². The van der Waals surface area contributed by atoms with Gasteiger partial charge in [-0.25, -0.2) is 0 Å². The van der Waals surface area contributed by atoms with Gasteiger partial charge in [0.1, 0.15) is 0 Å². The Morgan fingerprint density at radius 2 is 2.05 bits per heavy atom. The molecule has 0 aliphatic heterocycles. The smallest absolute Gasteiger partial charge is 0.237 e. The third-order valence-corrected chi connectivity index (χ3v) is 4.61. The number of rotatable bonds is 8. The van der Waals surface area contributed by atoms with Crippen molar-refractivity contribution in [3.05, 3.63) is 0 Å². The van der Waals surface area contributed by atoms with E-state index < -0.39 is 0 Å². The van der Waals surface area contributed by atoms with Gasteiger partial charge in [0.05, 0.1) is 6.04 Å². The summed E-state index contributed by atoms with van der Waals surface area (Å²) in [5.74, 6) is 1.35. The van der Waals surface area contributed by atoms with Gasteiger partial charge in [0, 0.05) is 12.6 Å². The fourth-order valence-corrected chi connectivity index (χ4v) is 3.31. The molecule has 3 unspecified atom stereocenters. The molecule has 0 aromatic carbocycles. The summed E-state index contributed by atoms with van der Waals surface area (Å²) in [4.78, 5) is 14.6. The summed E-state index contributed by atoms with van der Waals surface area (Å²) < 4.78 is 0. The molecule has 20 heavy (non-hydrogen) atoms. The van der Waals surface area contributed by atoms with Crippen LogP contribution in [0.5, 0.6) is 0 Å². The first-order valence-electron chi connectivity index (χ1n) is 8.24. The first-order valence-corrected chi connectivity index (χ1v) is 8.24. The molecule has 1 rings (SSSR count). The van der Waals surface area contributed by atoms with E-state index in [1.807, 2.05) is 6.92 Å². The largest absolute Gasteiger partial charge is 0.355 e. The Morgan fingerprint density at radius 3 is 2.60 bits per heavy atom. The second kappa shape index (κ2) is 8.63. The number of carbonyl (C=O) groups excluding carboxylic acids is 1. The molecule has 1 aliphatic rings. The van der Waals surface area contributed by atoms with Crippen molar-refractivity contribution in [2.24, 2.45) is 17.6 Å². The second-order valence-corrected chi connectivity index (χ2v) is 6.47. The lowest BCUT2D eigenvalue weighted by molar-refractivity contribution is -0.127. The molecular formula is C16H33N3O. The van der Waals surface area contributed by atoms with Gasteiger partial charge in [-0.15, -0.1) is 0 Å². The van der Waals surface area contributed by atoms with Crippen molar-refractivity contribution in [3.8, 4) is 0 Å². The molecule has 0 radical (unpaired) electrons. The zero-order chi connectivity index (χ0) is 15.1. The monoisotopic (exact) mass is 283 g/mol. The Hall–Kier alpha value is -0.610. The molecule has 0 aromatic heterocycles. The summed E-state index contributed by atoms with van der Waals surface area (Å²) in [5.41, 5.74) is 5.88. The molecule has 0 saturated heterocycles. The number of amides is 1. The number of nitrogens with zero attached hydrogens (tertiary/aromatic N) is 1. The Bertz CT molecular complexity index is 293. The highest BCUT2D eigenvalue weighted by Gasteiger charge is 2.34. The van der Waals surface area contributed by atoms with E-state index in [1.54, 1.807) is 0 Å². The molecule has 1 aliphatic carbocycles. The molecule has 1 fully saturated rings. The van der Waals surface area contributed by atoms with Crippen LogP contribution in [0.15, 0.2) is 0 Å². The van der Waals surface area contributed by atoms with Crippen molar-refractivity contribution in [3.63, 3.8) is 0 Å². The maximum Gasteiger partial charge on any atom is 0.237 e. The van der Waals surface area contributed by atoms with Gasteiger partial charge in [-0.1, -0.05) is 27.2 Å². The Balaban J connectivity index is 2.53. The lowest BCUT2D eigenvalue weighted by Crippen LogP contribution is -2.51. The fourth-order valence-electron chi connectivity index (χ4n) is 3.31. The van der Waals surface area contributed by atoms with E-state index in [4.69, 9.17) is 5.73 Å². The van der Waals surface area contributed by atoms with Gasteiger partial charge >= 0.3 is 0 Å². The number of nitrogens with two attached hydrogens (primary N) is 1. The molecule has 4 heteroatoms. The van der Waals surface area contributed by atoms with Crippen LogP contribution in [0.4, 0.5) is 0 Å². The standard InChI is InChI=1S/C16H33N3O/c1-5-19(15-8-6-7-14(15)11-17)13(4)16(20)18-10-9-12(2)3/h12-15H,5-11,17H2,1-4H3,(H,18,20). The maximum atomic E-state index is 12.3. The Kier molecular flexibility index (Phi) is 7.52. The quantitative estimate of drug-likeness (QED) is 0.716. The molecule has 4 nitrogen and oxygen atoms in total. The van der Waals surface area contributed by atoms with Crippen LogP contribution in [0, 0.1) is 11.8 Å². The molecule has 0 spiro atoms. The minimum Gasteiger partial charge on any atom is -0.355 e. The molecule has 3 N–H and O–H groups in total. The number of hydrogen-bond donors (Lipinski definition) is 2. The van der Waals surface area contributed by atoms with Crippen molar-refractivity contribution in [2.75, 3.05) is 19.6 Å². The Morgan fingerprint density at radius 1 is 1.35 bits per heavy atom. The van der Waals surface area contributed by atoms with Crippen LogP contribution in [-0.4, -0.2) is 42.5 Å². The van der Waals surface area contributed by atoms with Crippen molar-refractivity contribution in [1.29, 1.82) is 0 Å². The molecule has 0 heterocycles. The average Bonchev–Trinajstić information content (AvgIpc) is 2.87. The topological polar surface area (TPSA) is 58.4 Å². The highest BCUT2D eigenvalue weighted by atomic mass is 16.2. The highest BCUT2D eigenvalue weighted by Crippen LogP contribution is 2.30. The van der Waals surface area contributed by atoms with Crippen LogP contribution in [-0.2, 0) is 4.79 Å². The molecule has 1 saturated carbocycles. The van der Waals surface area contributed by atoms with Crippen LogP contribution in [0.1, 0.15) is 53.4 Å². The third-order valence-electron chi connectivity index (χ3n) is 4.61. The summed E-state index contributed by atoms with van der Waals surface area (Å²) in [5, 5.41) is 3.07. The van der Waals surface area contributed by atoms with Gasteiger partial charge in [0.15, 0.2) is 0 Å².